The van der Waals surface area contributed by atoms with Crippen molar-refractivity contribution in [3.05, 3.63) is 82.2 Å². The summed E-state index contributed by atoms with van der Waals surface area (Å²) in [4.78, 5) is 26.6. The minimum atomic E-state index is -0.353. The van der Waals surface area contributed by atoms with Gasteiger partial charge in [0.1, 0.15) is 11.4 Å². The highest BCUT2D eigenvalue weighted by Crippen LogP contribution is 2.39. The molecule has 1 amide bonds. The summed E-state index contributed by atoms with van der Waals surface area (Å²) in [5, 5.41) is 13.9. The van der Waals surface area contributed by atoms with E-state index in [2.05, 4.69) is 25.5 Å². The maximum atomic E-state index is 13.7. The van der Waals surface area contributed by atoms with Crippen molar-refractivity contribution in [3.8, 4) is 5.75 Å². The number of hydrogen-bond acceptors (Lipinski definition) is 4. The van der Waals surface area contributed by atoms with Gasteiger partial charge in [-0.05, 0) is 35.4 Å². The van der Waals surface area contributed by atoms with Gasteiger partial charge in [0.2, 0.25) is 5.62 Å². The maximum Gasteiger partial charge on any atom is 0.269 e. The number of carbonyl (C=O) groups is 2. The van der Waals surface area contributed by atoms with Gasteiger partial charge in [0, 0.05) is 29.4 Å². The molecule has 7 nitrogen and oxygen atoms in total. The molecule has 1 heterocycles. The first kappa shape index (κ1) is 28.4. The summed E-state index contributed by atoms with van der Waals surface area (Å²) in [7, 11) is 0. The third-order valence-electron chi connectivity index (χ3n) is 6.26. The summed E-state index contributed by atoms with van der Waals surface area (Å²) >= 11 is 3.21. The Morgan fingerprint density at radius 1 is 1.00 bits per heavy atom. The number of halogens is 1. The quantitative estimate of drug-likeness (QED) is 0.370. The molecule has 0 aliphatic rings. The van der Waals surface area contributed by atoms with Crippen molar-refractivity contribution in [2.24, 2.45) is 4.02 Å². The number of benzene rings is 2. The van der Waals surface area contributed by atoms with Gasteiger partial charge in [-0.25, -0.2) is 0 Å². The monoisotopic (exact) mass is 568 g/mol. The molecule has 2 aromatic carbocycles. The Kier molecular flexibility index (Phi) is 8.52. The number of amides is 1. The van der Waals surface area contributed by atoms with Crippen LogP contribution in [0.3, 0.4) is 0 Å². The second-order valence-corrected chi connectivity index (χ2v) is 11.7. The fourth-order valence-electron chi connectivity index (χ4n) is 4.29. The number of imidazole rings is 1. The maximum absolute atomic E-state index is 13.7. The van der Waals surface area contributed by atoms with Gasteiger partial charge in [0.25, 0.3) is 5.91 Å². The van der Waals surface area contributed by atoms with Crippen molar-refractivity contribution in [2.45, 2.75) is 72.4 Å². The van der Waals surface area contributed by atoms with E-state index >= 15 is 0 Å². The van der Waals surface area contributed by atoms with Gasteiger partial charge >= 0.3 is 0 Å². The lowest BCUT2D eigenvalue weighted by molar-refractivity contribution is 0.0942. The van der Waals surface area contributed by atoms with Gasteiger partial charge in [0.15, 0.2) is 5.78 Å². The molecule has 1 aromatic heterocycles. The SMILES string of the molecule is CCNC(=O)c1cn(CC(=O)c2cc(C(C)(C)C)c(O)c(C(C)(C)C)c2)c(=NBr)n1Cc1ccccc1. The number of phenolic OH excluding ortho intramolecular Hbond substituents is 1. The number of Topliss-reactive ketones (excluding diaryl/α,β-unsaturated/α-hetero) is 1. The first-order chi connectivity index (χ1) is 17.3. The van der Waals surface area contributed by atoms with E-state index in [0.717, 1.165) is 16.7 Å². The van der Waals surface area contributed by atoms with Gasteiger partial charge in [-0.3, -0.25) is 9.59 Å². The molecule has 0 saturated carbocycles. The third kappa shape index (κ3) is 6.42. The second-order valence-electron chi connectivity index (χ2n) is 11.3. The average molecular weight is 570 g/mol. The number of carbonyl (C=O) groups excluding carboxylic acids is 2. The van der Waals surface area contributed by atoms with Crippen molar-refractivity contribution >= 4 is 27.8 Å². The Labute approximate surface area is 227 Å². The topological polar surface area (TPSA) is 88.6 Å². The molecule has 0 spiro atoms. The highest BCUT2D eigenvalue weighted by Gasteiger charge is 2.28. The molecule has 3 rings (SSSR count). The Morgan fingerprint density at radius 3 is 2.05 bits per heavy atom. The summed E-state index contributed by atoms with van der Waals surface area (Å²) in [6.45, 7) is 14.8. The molecule has 198 valence electrons. The number of nitrogens with zero attached hydrogens (tertiary/aromatic N) is 3. The van der Waals surface area contributed by atoms with E-state index in [1.807, 2.05) is 78.8 Å². The van der Waals surface area contributed by atoms with Crippen molar-refractivity contribution in [1.82, 2.24) is 14.5 Å². The zero-order chi connectivity index (χ0) is 27.5. The third-order valence-corrected chi connectivity index (χ3v) is 6.58. The number of hydrogen-bond donors (Lipinski definition) is 2. The normalized spacial score (nSPS) is 12.6. The molecule has 37 heavy (non-hydrogen) atoms. The van der Waals surface area contributed by atoms with Crippen LogP contribution < -0.4 is 10.9 Å². The Hall–Kier alpha value is -3.13. The van der Waals surface area contributed by atoms with E-state index < -0.39 is 0 Å². The molecular formula is C29H37BrN4O3. The largest absolute Gasteiger partial charge is 0.507 e. The van der Waals surface area contributed by atoms with Gasteiger partial charge in [0.05, 0.1) is 29.2 Å². The Morgan fingerprint density at radius 2 is 1.57 bits per heavy atom. The highest BCUT2D eigenvalue weighted by atomic mass is 79.9. The van der Waals surface area contributed by atoms with Crippen molar-refractivity contribution in [3.63, 3.8) is 0 Å². The van der Waals surface area contributed by atoms with Crippen LogP contribution in [0.1, 0.15) is 86.0 Å². The van der Waals surface area contributed by atoms with Gasteiger partial charge in [-0.1, -0.05) is 71.9 Å². The zero-order valence-corrected chi connectivity index (χ0v) is 24.3. The van der Waals surface area contributed by atoms with Crippen LogP contribution in [-0.2, 0) is 23.9 Å². The number of ketones is 1. The van der Waals surface area contributed by atoms with E-state index in [1.54, 1.807) is 27.5 Å². The lowest BCUT2D eigenvalue weighted by Crippen LogP contribution is -2.31. The standard InChI is InChI=1S/C29H37BrN4O3/c1-8-31-26(37)23-17-33(27(32-30)34(23)16-19-12-10-9-11-13-19)18-24(35)20-14-21(28(2,3)4)25(36)22(15-20)29(5,6)7/h9-15,17,36H,8,16,18H2,1-7H3,(H,31,37). The number of nitrogens with one attached hydrogen (secondary N) is 1. The van der Waals surface area contributed by atoms with E-state index in [4.69, 9.17) is 0 Å². The fourth-order valence-corrected chi connectivity index (χ4v) is 4.68. The van der Waals surface area contributed by atoms with E-state index in [-0.39, 0.29) is 34.8 Å². The smallest absolute Gasteiger partial charge is 0.269 e. The van der Waals surface area contributed by atoms with Crippen LogP contribution in [0.25, 0.3) is 0 Å². The van der Waals surface area contributed by atoms with Crippen molar-refractivity contribution in [1.29, 1.82) is 0 Å². The van der Waals surface area contributed by atoms with Crippen molar-refractivity contribution < 1.29 is 14.7 Å². The van der Waals surface area contributed by atoms with Crippen LogP contribution >= 0.6 is 16.1 Å². The molecule has 0 saturated heterocycles. The van der Waals surface area contributed by atoms with Crippen LogP contribution in [0, 0.1) is 0 Å². The minimum Gasteiger partial charge on any atom is -0.507 e. The van der Waals surface area contributed by atoms with E-state index in [9.17, 15) is 14.7 Å². The van der Waals surface area contributed by atoms with Crippen LogP contribution in [-0.4, -0.2) is 32.5 Å². The van der Waals surface area contributed by atoms with E-state index in [1.165, 1.54) is 0 Å². The molecule has 0 aliphatic carbocycles. The first-order valence-corrected chi connectivity index (χ1v) is 13.2. The predicted octanol–water partition coefficient (Wildman–Crippen LogP) is 5.48. The van der Waals surface area contributed by atoms with E-state index in [0.29, 0.717) is 30.0 Å². The molecule has 0 radical (unpaired) electrons. The van der Waals surface area contributed by atoms with Gasteiger partial charge in [-0.2, -0.15) is 4.02 Å². The minimum absolute atomic E-state index is 0.0173. The molecule has 0 aliphatic heterocycles. The van der Waals surface area contributed by atoms with Crippen LogP contribution in [0.15, 0.2) is 52.7 Å². The molecule has 3 aromatic rings. The molecular weight excluding hydrogens is 532 g/mol. The second kappa shape index (κ2) is 11.1. The first-order valence-electron chi connectivity index (χ1n) is 12.5. The summed E-state index contributed by atoms with van der Waals surface area (Å²) in [5.74, 6) is -0.151. The summed E-state index contributed by atoms with van der Waals surface area (Å²) in [5.41, 5.74) is 3.12. The Balaban J connectivity index is 2.11. The van der Waals surface area contributed by atoms with Crippen LogP contribution in [0.5, 0.6) is 5.75 Å². The fraction of sp³-hybridized carbons (Fsp3) is 0.414. The summed E-state index contributed by atoms with van der Waals surface area (Å²) in [6, 6.07) is 13.3. The van der Waals surface area contributed by atoms with Crippen LogP contribution in [0.4, 0.5) is 0 Å². The zero-order valence-electron chi connectivity index (χ0n) is 22.7. The van der Waals surface area contributed by atoms with Crippen molar-refractivity contribution in [2.75, 3.05) is 6.54 Å². The van der Waals surface area contributed by atoms with Gasteiger partial charge in [-0.15, -0.1) is 0 Å². The van der Waals surface area contributed by atoms with Crippen LogP contribution in [0.2, 0.25) is 0 Å². The molecule has 0 fully saturated rings. The lowest BCUT2D eigenvalue weighted by Gasteiger charge is -2.28. The summed E-state index contributed by atoms with van der Waals surface area (Å²) < 4.78 is 7.75. The number of aromatic hydroxyl groups is 1. The average Bonchev–Trinajstić information content (AvgIpc) is 3.15. The highest BCUT2D eigenvalue weighted by molar-refractivity contribution is 9.08. The Bertz CT molecular complexity index is 1320. The molecule has 0 unspecified atom stereocenters. The predicted molar refractivity (Wildman–Crippen MR) is 150 cm³/mol. The number of phenols is 1. The summed E-state index contributed by atoms with van der Waals surface area (Å²) in [6.07, 6.45) is 1.67. The molecule has 0 atom stereocenters. The molecule has 0 bridgehead atoms. The number of aromatic nitrogens is 2. The number of rotatable bonds is 7. The van der Waals surface area contributed by atoms with Gasteiger partial charge < -0.3 is 19.6 Å². The molecule has 2 N–H and O–H groups in total. The molecule has 8 heteroatoms. The lowest BCUT2D eigenvalue weighted by atomic mass is 9.78.